The van der Waals surface area contributed by atoms with E-state index in [0.717, 1.165) is 11.1 Å². The maximum Gasteiger partial charge on any atom is 0.342 e. The number of methoxy groups -OCH3 is 1. The smallest absolute Gasteiger partial charge is 0.342 e. The van der Waals surface area contributed by atoms with Crippen LogP contribution in [0.2, 0.25) is 0 Å². The molecule has 0 amide bonds. The number of cyclic esters (lactones) is 1. The van der Waals surface area contributed by atoms with Crippen LogP contribution >= 0.6 is 0 Å². The predicted molar refractivity (Wildman–Crippen MR) is 123 cm³/mol. The van der Waals surface area contributed by atoms with Crippen LogP contribution < -0.4 is 4.18 Å². The molecular formula is C25H26O8S. The topological polar surface area (TPSA) is 113 Å². The van der Waals surface area contributed by atoms with Gasteiger partial charge in [0.05, 0.1) is 7.11 Å². The van der Waals surface area contributed by atoms with Crippen LogP contribution in [0, 0.1) is 13.8 Å². The van der Waals surface area contributed by atoms with Gasteiger partial charge in [-0.3, -0.25) is 9.59 Å². The van der Waals surface area contributed by atoms with E-state index in [1.54, 1.807) is 25.1 Å². The number of benzene rings is 2. The highest BCUT2D eigenvalue weighted by molar-refractivity contribution is 7.87. The Morgan fingerprint density at radius 1 is 1.15 bits per heavy atom. The SMILES string of the molecule is COC(=O)CCC(C)=CCc1c(C=O)c(C)c2c(c1OS(=O)(=O)c1ccc(C)cc1)C(=O)OC2. The number of fused-ring (bicyclic) bond motifs is 1. The molecule has 0 aromatic heterocycles. The molecule has 0 saturated heterocycles. The summed E-state index contributed by atoms with van der Waals surface area (Å²) in [7, 11) is -3.00. The lowest BCUT2D eigenvalue weighted by Gasteiger charge is -2.18. The molecule has 0 saturated carbocycles. The Morgan fingerprint density at radius 2 is 1.82 bits per heavy atom. The molecule has 2 aromatic rings. The summed E-state index contributed by atoms with van der Waals surface area (Å²) in [5, 5.41) is 0. The zero-order valence-electron chi connectivity index (χ0n) is 19.5. The Morgan fingerprint density at radius 3 is 2.44 bits per heavy atom. The maximum atomic E-state index is 13.1. The number of hydrogen-bond donors (Lipinski definition) is 0. The zero-order chi connectivity index (χ0) is 25.0. The molecular weight excluding hydrogens is 460 g/mol. The summed E-state index contributed by atoms with van der Waals surface area (Å²) in [6, 6.07) is 6.09. The fourth-order valence-corrected chi connectivity index (χ4v) is 4.66. The Bertz CT molecular complexity index is 1270. The molecule has 0 spiro atoms. The van der Waals surface area contributed by atoms with Crippen LogP contribution in [-0.4, -0.2) is 33.8 Å². The van der Waals surface area contributed by atoms with E-state index in [1.165, 1.54) is 19.2 Å². The van der Waals surface area contributed by atoms with E-state index in [2.05, 4.69) is 4.74 Å². The fraction of sp³-hybridized carbons (Fsp3) is 0.320. The van der Waals surface area contributed by atoms with Crippen molar-refractivity contribution in [1.82, 2.24) is 0 Å². The van der Waals surface area contributed by atoms with Gasteiger partial charge in [0.2, 0.25) is 0 Å². The average Bonchev–Trinajstić information content (AvgIpc) is 3.20. The van der Waals surface area contributed by atoms with Crippen molar-refractivity contribution in [1.29, 1.82) is 0 Å². The van der Waals surface area contributed by atoms with Crippen molar-refractivity contribution in [3.63, 3.8) is 0 Å². The zero-order valence-corrected chi connectivity index (χ0v) is 20.3. The Hall–Kier alpha value is -3.46. The van der Waals surface area contributed by atoms with Gasteiger partial charge in [-0.15, -0.1) is 0 Å². The summed E-state index contributed by atoms with van der Waals surface area (Å²) >= 11 is 0. The highest BCUT2D eigenvalue weighted by Crippen LogP contribution is 2.39. The molecule has 180 valence electrons. The van der Waals surface area contributed by atoms with Gasteiger partial charge in [-0.25, -0.2) is 4.79 Å². The average molecular weight is 487 g/mol. The summed E-state index contributed by atoms with van der Waals surface area (Å²) in [4.78, 5) is 35.9. The number of allylic oxidation sites excluding steroid dienone is 2. The van der Waals surface area contributed by atoms with E-state index in [0.29, 0.717) is 23.8 Å². The molecule has 0 aliphatic carbocycles. The molecule has 34 heavy (non-hydrogen) atoms. The first-order valence-electron chi connectivity index (χ1n) is 10.6. The molecule has 3 rings (SSSR count). The molecule has 9 heteroatoms. The second kappa shape index (κ2) is 10.2. The van der Waals surface area contributed by atoms with E-state index in [-0.39, 0.29) is 52.8 Å². The standard InChI is InChI=1S/C25H26O8S/c1-15-5-9-18(10-6-15)34(29,30)33-24-19(11-7-16(2)8-12-22(27)31-4)20(13-26)17(3)21-14-32-25(28)23(21)24/h5-7,9-10,13H,8,11-12,14H2,1-4H3. The maximum absolute atomic E-state index is 13.1. The van der Waals surface area contributed by atoms with Gasteiger partial charge < -0.3 is 13.7 Å². The van der Waals surface area contributed by atoms with Crippen LogP contribution in [0.25, 0.3) is 0 Å². The van der Waals surface area contributed by atoms with Gasteiger partial charge in [0.15, 0.2) is 12.0 Å². The quantitative estimate of drug-likeness (QED) is 0.226. The Balaban J connectivity index is 2.11. The molecule has 0 bridgehead atoms. The molecule has 0 fully saturated rings. The number of ether oxygens (including phenoxy) is 2. The van der Waals surface area contributed by atoms with E-state index in [1.807, 2.05) is 13.8 Å². The third kappa shape index (κ3) is 5.20. The van der Waals surface area contributed by atoms with Crippen molar-refractivity contribution in [3.8, 4) is 5.75 Å². The molecule has 1 heterocycles. The van der Waals surface area contributed by atoms with Crippen LogP contribution in [0.1, 0.15) is 62.7 Å². The van der Waals surface area contributed by atoms with Crippen molar-refractivity contribution in [2.75, 3.05) is 7.11 Å². The van der Waals surface area contributed by atoms with Crippen LogP contribution in [-0.2, 0) is 37.4 Å². The van der Waals surface area contributed by atoms with E-state index < -0.39 is 16.1 Å². The monoisotopic (exact) mass is 486 g/mol. The van der Waals surface area contributed by atoms with Gasteiger partial charge in [-0.05, 0) is 51.3 Å². The summed E-state index contributed by atoms with van der Waals surface area (Å²) in [6.07, 6.45) is 3.10. The van der Waals surface area contributed by atoms with Gasteiger partial charge in [0.25, 0.3) is 0 Å². The van der Waals surface area contributed by atoms with Crippen LogP contribution in [0.4, 0.5) is 0 Å². The lowest BCUT2D eigenvalue weighted by atomic mass is 9.91. The van der Waals surface area contributed by atoms with E-state index in [9.17, 15) is 22.8 Å². The molecule has 2 aromatic carbocycles. The van der Waals surface area contributed by atoms with Crippen LogP contribution in [0.15, 0.2) is 40.8 Å². The van der Waals surface area contributed by atoms with Crippen molar-refractivity contribution < 1.29 is 36.5 Å². The number of aryl methyl sites for hydroxylation is 1. The Kier molecular flexibility index (Phi) is 7.56. The van der Waals surface area contributed by atoms with Crippen LogP contribution in [0.3, 0.4) is 0 Å². The second-order valence-electron chi connectivity index (χ2n) is 8.08. The number of rotatable bonds is 9. The van der Waals surface area contributed by atoms with Crippen LogP contribution in [0.5, 0.6) is 5.75 Å². The first-order valence-corrected chi connectivity index (χ1v) is 12.0. The minimum atomic E-state index is -4.30. The van der Waals surface area contributed by atoms with E-state index in [4.69, 9.17) is 8.92 Å². The number of esters is 2. The van der Waals surface area contributed by atoms with Gasteiger partial charge >= 0.3 is 22.1 Å². The van der Waals surface area contributed by atoms with Gasteiger partial charge in [-0.2, -0.15) is 8.42 Å². The third-order valence-corrected chi connectivity index (χ3v) is 7.00. The molecule has 0 unspecified atom stereocenters. The highest BCUT2D eigenvalue weighted by Gasteiger charge is 2.34. The predicted octanol–water partition coefficient (Wildman–Crippen LogP) is 4.00. The summed E-state index contributed by atoms with van der Waals surface area (Å²) < 4.78 is 41.5. The minimum absolute atomic E-state index is 0.00870. The van der Waals surface area contributed by atoms with Gasteiger partial charge in [0, 0.05) is 23.1 Å². The first-order chi connectivity index (χ1) is 16.1. The van der Waals surface area contributed by atoms with E-state index >= 15 is 0 Å². The number of hydrogen-bond acceptors (Lipinski definition) is 8. The molecule has 8 nitrogen and oxygen atoms in total. The first kappa shape index (κ1) is 25.2. The van der Waals surface area contributed by atoms with Crippen molar-refractivity contribution in [3.05, 3.63) is 69.3 Å². The number of aldehydes is 1. The molecule has 0 atom stereocenters. The highest BCUT2D eigenvalue weighted by atomic mass is 32.2. The third-order valence-electron chi connectivity index (χ3n) is 5.76. The normalized spacial score (nSPS) is 13.3. The largest absolute Gasteiger partial charge is 0.469 e. The summed E-state index contributed by atoms with van der Waals surface area (Å²) in [5.74, 6) is -1.27. The second-order valence-corrected chi connectivity index (χ2v) is 9.62. The summed E-state index contributed by atoms with van der Waals surface area (Å²) in [6.45, 7) is 5.24. The fourth-order valence-electron chi connectivity index (χ4n) is 3.69. The lowest BCUT2D eigenvalue weighted by Crippen LogP contribution is -2.16. The Labute approximate surface area is 198 Å². The molecule has 0 radical (unpaired) electrons. The van der Waals surface area contributed by atoms with Gasteiger partial charge in [-0.1, -0.05) is 29.3 Å². The lowest BCUT2D eigenvalue weighted by molar-refractivity contribution is -0.140. The van der Waals surface area contributed by atoms with Gasteiger partial charge in [0.1, 0.15) is 17.1 Å². The molecule has 0 N–H and O–H groups in total. The van der Waals surface area contributed by atoms with Crippen molar-refractivity contribution >= 4 is 28.3 Å². The molecule has 1 aliphatic heterocycles. The molecule has 1 aliphatic rings. The van der Waals surface area contributed by atoms with Crippen molar-refractivity contribution in [2.24, 2.45) is 0 Å². The number of carbonyl (C=O) groups is 3. The van der Waals surface area contributed by atoms with Crippen molar-refractivity contribution in [2.45, 2.75) is 51.5 Å². The minimum Gasteiger partial charge on any atom is -0.469 e. The summed E-state index contributed by atoms with van der Waals surface area (Å²) in [5.41, 5.74) is 3.17. The number of carbonyl (C=O) groups excluding carboxylic acids is 3.